The second kappa shape index (κ2) is 7.61. The largest absolute Gasteiger partial charge is 0.457 e. The van der Waals surface area contributed by atoms with Gasteiger partial charge in [-0.05, 0) is 29.7 Å². The summed E-state index contributed by atoms with van der Waals surface area (Å²) in [4.78, 5) is 22.7. The Labute approximate surface area is 151 Å². The van der Waals surface area contributed by atoms with Crippen LogP contribution in [0.4, 0.5) is 5.69 Å². The van der Waals surface area contributed by atoms with Gasteiger partial charge in [0.2, 0.25) is 0 Å². The van der Waals surface area contributed by atoms with Crippen molar-refractivity contribution >= 4 is 11.7 Å². The smallest absolute Gasteiger partial charge is 0.338 e. The predicted octanol–water partition coefficient (Wildman–Crippen LogP) is 4.93. The van der Waals surface area contributed by atoms with Gasteiger partial charge in [-0.2, -0.15) is 0 Å². The molecule has 5 nitrogen and oxygen atoms in total. The minimum atomic E-state index is -0.571. The van der Waals surface area contributed by atoms with Gasteiger partial charge in [0.05, 0.1) is 10.5 Å². The van der Waals surface area contributed by atoms with Crippen LogP contribution in [0.1, 0.15) is 21.5 Å². The number of benzene rings is 3. The number of rotatable bonds is 5. The molecule has 26 heavy (non-hydrogen) atoms. The van der Waals surface area contributed by atoms with Crippen LogP contribution in [-0.4, -0.2) is 10.9 Å². The van der Waals surface area contributed by atoms with Crippen LogP contribution >= 0.6 is 0 Å². The van der Waals surface area contributed by atoms with Crippen LogP contribution in [-0.2, 0) is 11.3 Å². The molecule has 0 amide bonds. The highest BCUT2D eigenvalue weighted by Gasteiger charge is 2.18. The first-order valence-electron chi connectivity index (χ1n) is 8.12. The van der Waals surface area contributed by atoms with Crippen molar-refractivity contribution in [3.8, 4) is 11.1 Å². The molecule has 3 rings (SSSR count). The normalized spacial score (nSPS) is 10.3. The Morgan fingerprint density at radius 3 is 2.23 bits per heavy atom. The van der Waals surface area contributed by atoms with E-state index in [2.05, 4.69) is 0 Å². The number of carbonyl (C=O) groups is 1. The summed E-state index contributed by atoms with van der Waals surface area (Å²) in [7, 11) is 0. The van der Waals surface area contributed by atoms with Gasteiger partial charge in [-0.15, -0.1) is 0 Å². The highest BCUT2D eigenvalue weighted by atomic mass is 16.6. The summed E-state index contributed by atoms with van der Waals surface area (Å²) in [6.07, 6.45) is 0. The van der Waals surface area contributed by atoms with Crippen molar-refractivity contribution in [2.45, 2.75) is 13.5 Å². The number of nitro benzene ring substituents is 1. The Kier molecular flexibility index (Phi) is 5.08. The fourth-order valence-corrected chi connectivity index (χ4v) is 2.69. The molecule has 0 aliphatic carbocycles. The molecule has 0 radical (unpaired) electrons. The fourth-order valence-electron chi connectivity index (χ4n) is 2.69. The molecule has 0 N–H and O–H groups in total. The number of nitro groups is 1. The van der Waals surface area contributed by atoms with E-state index in [4.69, 9.17) is 4.74 Å². The van der Waals surface area contributed by atoms with E-state index < -0.39 is 10.9 Å². The average Bonchev–Trinajstić information content (AvgIpc) is 2.67. The minimum absolute atomic E-state index is 0.0911. The van der Waals surface area contributed by atoms with Crippen molar-refractivity contribution in [1.82, 2.24) is 0 Å². The number of carbonyl (C=O) groups excluding carboxylic acids is 1. The average molecular weight is 347 g/mol. The van der Waals surface area contributed by atoms with Gasteiger partial charge < -0.3 is 4.74 Å². The van der Waals surface area contributed by atoms with Gasteiger partial charge in [-0.3, -0.25) is 10.1 Å². The summed E-state index contributed by atoms with van der Waals surface area (Å²) in [5, 5.41) is 11.0. The molecule has 0 fully saturated rings. The van der Waals surface area contributed by atoms with Gasteiger partial charge in [0.15, 0.2) is 0 Å². The summed E-state index contributed by atoms with van der Waals surface area (Å²) < 4.78 is 5.31. The fraction of sp³-hybridized carbons (Fsp3) is 0.0952. The van der Waals surface area contributed by atoms with Crippen molar-refractivity contribution in [1.29, 1.82) is 0 Å². The lowest BCUT2D eigenvalue weighted by atomic mass is 10.0. The summed E-state index contributed by atoms with van der Waals surface area (Å²) in [6, 6.07) is 22.1. The summed E-state index contributed by atoms with van der Waals surface area (Å²) >= 11 is 0. The minimum Gasteiger partial charge on any atom is -0.457 e. The zero-order chi connectivity index (χ0) is 18.5. The molecule has 0 saturated carbocycles. The Balaban J connectivity index is 1.69. The number of ether oxygens (including phenoxy) is 1. The molecule has 130 valence electrons. The van der Waals surface area contributed by atoms with Crippen molar-refractivity contribution < 1.29 is 14.5 Å². The Hall–Kier alpha value is -3.47. The summed E-state index contributed by atoms with van der Waals surface area (Å²) in [6.45, 7) is 1.65. The van der Waals surface area contributed by atoms with E-state index in [1.165, 1.54) is 18.2 Å². The molecule has 3 aromatic carbocycles. The number of esters is 1. The Morgan fingerprint density at radius 2 is 1.58 bits per heavy atom. The van der Waals surface area contributed by atoms with Gasteiger partial charge in [0, 0.05) is 11.6 Å². The van der Waals surface area contributed by atoms with E-state index in [0.717, 1.165) is 16.7 Å². The number of hydrogen-bond acceptors (Lipinski definition) is 4. The van der Waals surface area contributed by atoms with Crippen LogP contribution in [0.15, 0.2) is 72.8 Å². The quantitative estimate of drug-likeness (QED) is 0.373. The zero-order valence-electron chi connectivity index (χ0n) is 14.2. The molecule has 0 saturated heterocycles. The maximum Gasteiger partial charge on any atom is 0.338 e. The van der Waals surface area contributed by atoms with Crippen molar-refractivity contribution in [2.75, 3.05) is 0 Å². The topological polar surface area (TPSA) is 69.4 Å². The van der Waals surface area contributed by atoms with E-state index in [1.54, 1.807) is 6.92 Å². The van der Waals surface area contributed by atoms with Crippen LogP contribution < -0.4 is 0 Å². The molecule has 0 heterocycles. The van der Waals surface area contributed by atoms with Crippen molar-refractivity contribution in [3.05, 3.63) is 99.6 Å². The van der Waals surface area contributed by atoms with E-state index in [0.29, 0.717) is 5.56 Å². The molecule has 5 heteroatoms. The van der Waals surface area contributed by atoms with Crippen LogP contribution in [0.5, 0.6) is 0 Å². The van der Waals surface area contributed by atoms with E-state index in [-0.39, 0.29) is 17.9 Å². The highest BCUT2D eigenvalue weighted by molar-refractivity contribution is 5.92. The first kappa shape index (κ1) is 17.4. The van der Waals surface area contributed by atoms with E-state index in [1.807, 2.05) is 54.6 Å². The second-order valence-corrected chi connectivity index (χ2v) is 5.85. The standard InChI is InChI=1S/C21H17NO4/c1-15-19(8-5-9-20(15)22(24)25)21(23)26-14-16-10-12-18(13-11-16)17-6-3-2-4-7-17/h2-13H,14H2,1H3. The van der Waals surface area contributed by atoms with Crippen LogP contribution in [0.2, 0.25) is 0 Å². The van der Waals surface area contributed by atoms with E-state index in [9.17, 15) is 14.9 Å². The lowest BCUT2D eigenvalue weighted by Crippen LogP contribution is -2.08. The van der Waals surface area contributed by atoms with Gasteiger partial charge >= 0.3 is 5.97 Å². The molecule has 0 aliphatic rings. The third-order valence-corrected chi connectivity index (χ3v) is 4.15. The maximum atomic E-state index is 12.3. The van der Waals surface area contributed by atoms with Crippen LogP contribution in [0.25, 0.3) is 11.1 Å². The first-order chi connectivity index (χ1) is 12.6. The van der Waals surface area contributed by atoms with Crippen LogP contribution in [0, 0.1) is 17.0 Å². The monoisotopic (exact) mass is 347 g/mol. The highest BCUT2D eigenvalue weighted by Crippen LogP contribution is 2.23. The Morgan fingerprint density at radius 1 is 0.923 bits per heavy atom. The van der Waals surface area contributed by atoms with Crippen molar-refractivity contribution in [2.24, 2.45) is 0 Å². The van der Waals surface area contributed by atoms with Gasteiger partial charge in [-0.25, -0.2) is 4.79 Å². The number of hydrogen-bond donors (Lipinski definition) is 0. The Bertz CT molecular complexity index is 934. The summed E-state index contributed by atoms with van der Waals surface area (Å²) in [5.41, 5.74) is 3.47. The molecular weight excluding hydrogens is 330 g/mol. The first-order valence-corrected chi connectivity index (χ1v) is 8.12. The maximum absolute atomic E-state index is 12.3. The molecule has 0 unspecified atom stereocenters. The SMILES string of the molecule is Cc1c(C(=O)OCc2ccc(-c3ccccc3)cc2)cccc1[N+](=O)[O-]. The zero-order valence-corrected chi connectivity index (χ0v) is 14.2. The molecule has 0 atom stereocenters. The third kappa shape index (κ3) is 3.78. The van der Waals surface area contributed by atoms with Gasteiger partial charge in [0.25, 0.3) is 5.69 Å². The lowest BCUT2D eigenvalue weighted by Gasteiger charge is -2.08. The molecule has 0 bridgehead atoms. The van der Waals surface area contributed by atoms with Gasteiger partial charge in [-0.1, -0.05) is 60.7 Å². The molecule has 3 aromatic rings. The molecule has 0 spiro atoms. The van der Waals surface area contributed by atoms with Crippen LogP contribution in [0.3, 0.4) is 0 Å². The van der Waals surface area contributed by atoms with E-state index >= 15 is 0 Å². The molecule has 0 aromatic heterocycles. The second-order valence-electron chi connectivity index (χ2n) is 5.85. The third-order valence-electron chi connectivity index (χ3n) is 4.15. The molecular formula is C21H17NO4. The van der Waals surface area contributed by atoms with Gasteiger partial charge in [0.1, 0.15) is 6.61 Å². The predicted molar refractivity (Wildman–Crippen MR) is 98.8 cm³/mol. The molecule has 0 aliphatic heterocycles. The van der Waals surface area contributed by atoms with Crippen molar-refractivity contribution in [3.63, 3.8) is 0 Å². The summed E-state index contributed by atoms with van der Waals surface area (Å²) in [5.74, 6) is -0.571. The lowest BCUT2D eigenvalue weighted by molar-refractivity contribution is -0.385. The number of nitrogens with zero attached hydrogens (tertiary/aromatic N) is 1.